The van der Waals surface area contributed by atoms with E-state index in [1.54, 1.807) is 30.0 Å². The quantitative estimate of drug-likeness (QED) is 0.556. The number of hydrogen-bond donors (Lipinski definition) is 2. The minimum absolute atomic E-state index is 0.129. The molecule has 3 heterocycles. The van der Waals surface area contributed by atoms with Crippen LogP contribution in [0.2, 0.25) is 0 Å². The summed E-state index contributed by atoms with van der Waals surface area (Å²) in [6, 6.07) is 8.72. The van der Waals surface area contributed by atoms with Crippen molar-refractivity contribution in [2.75, 3.05) is 40.6 Å². The van der Waals surface area contributed by atoms with Crippen molar-refractivity contribution in [1.29, 1.82) is 0 Å². The number of aliphatic hydroxyl groups excluding tert-OH is 1. The topological polar surface area (TPSA) is 124 Å². The van der Waals surface area contributed by atoms with E-state index < -0.39 is 0 Å². The fourth-order valence-corrected chi connectivity index (χ4v) is 4.36. The predicted octanol–water partition coefficient (Wildman–Crippen LogP) is 0.699. The van der Waals surface area contributed by atoms with Gasteiger partial charge in [-0.1, -0.05) is 6.07 Å². The first-order chi connectivity index (χ1) is 16.1. The Bertz CT molecular complexity index is 1200. The van der Waals surface area contributed by atoms with Crippen LogP contribution in [0.5, 0.6) is 17.2 Å². The molecular weight excluding hydrogens is 428 g/mol. The number of fused-ring (bicyclic) bond motifs is 2. The van der Waals surface area contributed by atoms with Gasteiger partial charge in [-0.2, -0.15) is 4.68 Å². The molecule has 0 spiro atoms. The number of ether oxygens (including phenoxy) is 3. The number of benzene rings is 2. The van der Waals surface area contributed by atoms with Crippen LogP contribution in [0.4, 0.5) is 0 Å². The fourth-order valence-electron chi connectivity index (χ4n) is 4.36. The maximum absolute atomic E-state index is 12.4. The SMILES string of the molecule is COc1c2c(cc3c1C(c1nnnn1-c1cccc(C(=O)NCCO)c1)N(C)CC3)OCO2. The van der Waals surface area contributed by atoms with Gasteiger partial charge < -0.3 is 24.6 Å². The molecule has 1 atom stereocenters. The molecule has 1 unspecified atom stereocenters. The minimum atomic E-state index is -0.305. The summed E-state index contributed by atoms with van der Waals surface area (Å²) in [5, 5.41) is 24.2. The molecule has 172 valence electrons. The number of nitrogens with one attached hydrogen (secondary N) is 1. The van der Waals surface area contributed by atoms with Crippen LogP contribution in [0, 0.1) is 0 Å². The third-order valence-electron chi connectivity index (χ3n) is 5.88. The molecule has 0 saturated heterocycles. The van der Waals surface area contributed by atoms with Crippen LogP contribution in [0.25, 0.3) is 5.69 Å². The van der Waals surface area contributed by atoms with Crippen molar-refractivity contribution in [3.05, 3.63) is 52.8 Å². The molecule has 2 aromatic carbocycles. The van der Waals surface area contributed by atoms with Crippen LogP contribution >= 0.6 is 0 Å². The largest absolute Gasteiger partial charge is 0.492 e. The lowest BCUT2D eigenvalue weighted by atomic mass is 9.90. The van der Waals surface area contributed by atoms with Crippen molar-refractivity contribution in [1.82, 2.24) is 30.4 Å². The van der Waals surface area contributed by atoms with Gasteiger partial charge in [0, 0.05) is 24.2 Å². The Balaban J connectivity index is 1.59. The van der Waals surface area contributed by atoms with Gasteiger partial charge in [0.05, 0.1) is 19.4 Å². The van der Waals surface area contributed by atoms with Gasteiger partial charge in [-0.25, -0.2) is 0 Å². The van der Waals surface area contributed by atoms with Gasteiger partial charge in [0.1, 0.15) is 6.04 Å². The number of aliphatic hydroxyl groups is 1. The molecule has 5 rings (SSSR count). The smallest absolute Gasteiger partial charge is 0.251 e. The maximum atomic E-state index is 12.4. The predicted molar refractivity (Wildman–Crippen MR) is 116 cm³/mol. The zero-order valence-electron chi connectivity index (χ0n) is 18.3. The number of rotatable bonds is 6. The molecule has 0 aliphatic carbocycles. The highest BCUT2D eigenvalue weighted by atomic mass is 16.7. The van der Waals surface area contributed by atoms with E-state index in [0.29, 0.717) is 34.3 Å². The lowest BCUT2D eigenvalue weighted by Crippen LogP contribution is -2.35. The number of carbonyl (C=O) groups is 1. The first-order valence-corrected chi connectivity index (χ1v) is 10.6. The van der Waals surface area contributed by atoms with Crippen molar-refractivity contribution < 1.29 is 24.1 Å². The highest BCUT2D eigenvalue weighted by Crippen LogP contribution is 2.50. The molecule has 33 heavy (non-hydrogen) atoms. The molecule has 11 heteroatoms. The van der Waals surface area contributed by atoms with Crippen LogP contribution < -0.4 is 19.5 Å². The van der Waals surface area contributed by atoms with Gasteiger partial charge in [-0.05, 0) is 53.7 Å². The molecule has 11 nitrogen and oxygen atoms in total. The number of amides is 1. The number of hydrogen-bond acceptors (Lipinski definition) is 9. The van der Waals surface area contributed by atoms with E-state index in [1.807, 2.05) is 19.2 Å². The van der Waals surface area contributed by atoms with Gasteiger partial charge >= 0.3 is 0 Å². The van der Waals surface area contributed by atoms with Crippen LogP contribution in [0.3, 0.4) is 0 Å². The Kier molecular flexibility index (Phi) is 5.56. The van der Waals surface area contributed by atoms with Crippen LogP contribution in [-0.2, 0) is 6.42 Å². The van der Waals surface area contributed by atoms with Crippen LogP contribution in [0.1, 0.15) is 33.4 Å². The van der Waals surface area contributed by atoms with E-state index in [2.05, 4.69) is 25.7 Å². The number of likely N-dealkylation sites (N-methyl/N-ethyl adjacent to an activating group) is 1. The number of carbonyl (C=O) groups excluding carboxylic acids is 1. The lowest BCUT2D eigenvalue weighted by molar-refractivity contribution is 0.0944. The standard InChI is InChI=1S/C22H24N6O5/c1-27-8-6-13-11-16-19(33-12-32-16)20(31-2)17(13)18(27)21-24-25-26-28(21)15-5-3-4-14(10-15)22(30)23-7-9-29/h3-5,10-11,18,29H,6-9,12H2,1-2H3,(H,23,30). The first-order valence-electron chi connectivity index (χ1n) is 10.6. The number of methoxy groups -OCH3 is 1. The average Bonchev–Trinajstić information content (AvgIpc) is 3.51. The Morgan fingerprint density at radius 2 is 2.21 bits per heavy atom. The number of aromatic nitrogens is 4. The lowest BCUT2D eigenvalue weighted by Gasteiger charge is -2.34. The first kappa shape index (κ1) is 21.2. The highest BCUT2D eigenvalue weighted by molar-refractivity contribution is 5.94. The zero-order chi connectivity index (χ0) is 22.9. The molecule has 2 aliphatic rings. The Morgan fingerprint density at radius 1 is 1.33 bits per heavy atom. The summed E-state index contributed by atoms with van der Waals surface area (Å²) in [4.78, 5) is 14.5. The van der Waals surface area contributed by atoms with E-state index in [4.69, 9.17) is 19.3 Å². The second-order valence-electron chi connectivity index (χ2n) is 7.83. The second-order valence-corrected chi connectivity index (χ2v) is 7.83. The van der Waals surface area contributed by atoms with E-state index >= 15 is 0 Å². The molecule has 0 radical (unpaired) electrons. The minimum Gasteiger partial charge on any atom is -0.492 e. The highest BCUT2D eigenvalue weighted by Gasteiger charge is 2.37. The Hall–Kier alpha value is -3.70. The molecule has 0 bridgehead atoms. The van der Waals surface area contributed by atoms with E-state index in [0.717, 1.165) is 24.1 Å². The summed E-state index contributed by atoms with van der Waals surface area (Å²) >= 11 is 0. The number of nitrogens with zero attached hydrogens (tertiary/aromatic N) is 5. The zero-order valence-corrected chi connectivity index (χ0v) is 18.3. The summed E-state index contributed by atoms with van der Waals surface area (Å²) in [5.41, 5.74) is 3.11. The third-order valence-corrected chi connectivity index (χ3v) is 5.88. The van der Waals surface area contributed by atoms with Crippen LogP contribution in [0.15, 0.2) is 30.3 Å². The van der Waals surface area contributed by atoms with Gasteiger partial charge in [-0.15, -0.1) is 5.10 Å². The van der Waals surface area contributed by atoms with Crippen molar-refractivity contribution >= 4 is 5.91 Å². The summed E-state index contributed by atoms with van der Waals surface area (Å²) in [6.45, 7) is 0.990. The van der Waals surface area contributed by atoms with Gasteiger partial charge in [0.15, 0.2) is 17.3 Å². The van der Waals surface area contributed by atoms with Gasteiger partial charge in [0.25, 0.3) is 5.91 Å². The summed E-state index contributed by atoms with van der Waals surface area (Å²) in [6.07, 6.45) is 0.817. The summed E-state index contributed by atoms with van der Waals surface area (Å²) < 4.78 is 18.7. The van der Waals surface area contributed by atoms with Crippen molar-refractivity contribution in [3.8, 4) is 22.9 Å². The Morgan fingerprint density at radius 3 is 3.03 bits per heavy atom. The molecule has 0 fully saturated rings. The molecule has 1 amide bonds. The molecular formula is C22H24N6O5. The van der Waals surface area contributed by atoms with E-state index in [-0.39, 0.29) is 31.9 Å². The number of tetrazole rings is 1. The average molecular weight is 452 g/mol. The van der Waals surface area contributed by atoms with Crippen molar-refractivity contribution in [2.45, 2.75) is 12.5 Å². The van der Waals surface area contributed by atoms with Crippen LogP contribution in [-0.4, -0.2) is 76.8 Å². The fraction of sp³-hybridized carbons (Fsp3) is 0.364. The monoisotopic (exact) mass is 452 g/mol. The third kappa shape index (κ3) is 3.64. The molecule has 0 saturated carbocycles. The molecule has 3 aromatic rings. The Labute approximate surface area is 189 Å². The molecule has 1 aromatic heterocycles. The van der Waals surface area contributed by atoms with E-state index in [9.17, 15) is 4.79 Å². The van der Waals surface area contributed by atoms with Crippen molar-refractivity contribution in [2.24, 2.45) is 0 Å². The van der Waals surface area contributed by atoms with Gasteiger partial charge in [0.2, 0.25) is 12.5 Å². The van der Waals surface area contributed by atoms with Crippen molar-refractivity contribution in [3.63, 3.8) is 0 Å². The molecule has 2 aliphatic heterocycles. The summed E-state index contributed by atoms with van der Waals surface area (Å²) in [5.74, 6) is 2.18. The molecule has 2 N–H and O–H groups in total. The van der Waals surface area contributed by atoms with Gasteiger partial charge in [-0.3, -0.25) is 9.69 Å². The normalized spacial score (nSPS) is 17.0. The maximum Gasteiger partial charge on any atom is 0.251 e. The van der Waals surface area contributed by atoms with E-state index in [1.165, 1.54) is 0 Å². The second kappa shape index (κ2) is 8.68. The summed E-state index contributed by atoms with van der Waals surface area (Å²) in [7, 11) is 3.62.